The van der Waals surface area contributed by atoms with Gasteiger partial charge in [0, 0.05) is 30.8 Å². The molecule has 0 aromatic heterocycles. The first-order valence-corrected chi connectivity index (χ1v) is 8.32. The minimum Gasteiger partial charge on any atom is -0.496 e. The van der Waals surface area contributed by atoms with Crippen LogP contribution in [0.4, 0.5) is 0 Å². The van der Waals surface area contributed by atoms with Gasteiger partial charge in [0.2, 0.25) is 0 Å². The predicted octanol–water partition coefficient (Wildman–Crippen LogP) is 4.19. The van der Waals surface area contributed by atoms with E-state index in [2.05, 4.69) is 41.3 Å². The van der Waals surface area contributed by atoms with E-state index < -0.39 is 0 Å². The summed E-state index contributed by atoms with van der Waals surface area (Å²) in [5.74, 6) is 0.844. The largest absolute Gasteiger partial charge is 0.496 e. The SMILES string of the molecule is COc1cc(C(C)=O)ccc1C1=CCN(Cc2ccccc2)CC1. The predicted molar refractivity (Wildman–Crippen MR) is 97.3 cm³/mol. The smallest absolute Gasteiger partial charge is 0.159 e. The van der Waals surface area contributed by atoms with Crippen LogP contribution >= 0.6 is 0 Å². The maximum absolute atomic E-state index is 11.5. The number of benzene rings is 2. The molecule has 0 saturated carbocycles. The highest BCUT2D eigenvalue weighted by molar-refractivity contribution is 5.95. The van der Waals surface area contributed by atoms with Crippen LogP contribution in [0.5, 0.6) is 5.75 Å². The van der Waals surface area contributed by atoms with Crippen LogP contribution in [0.25, 0.3) is 5.57 Å². The first kappa shape index (κ1) is 16.5. The molecule has 3 nitrogen and oxygen atoms in total. The van der Waals surface area contributed by atoms with Gasteiger partial charge in [-0.15, -0.1) is 0 Å². The molecule has 3 rings (SSSR count). The molecule has 3 heteroatoms. The van der Waals surface area contributed by atoms with Crippen LogP contribution in [-0.4, -0.2) is 30.9 Å². The minimum absolute atomic E-state index is 0.0616. The summed E-state index contributed by atoms with van der Waals surface area (Å²) < 4.78 is 5.51. The van der Waals surface area contributed by atoms with Gasteiger partial charge in [-0.25, -0.2) is 0 Å². The van der Waals surface area contributed by atoms with Crippen molar-refractivity contribution in [3.63, 3.8) is 0 Å². The summed E-state index contributed by atoms with van der Waals surface area (Å²) in [7, 11) is 1.66. The van der Waals surface area contributed by atoms with Gasteiger partial charge in [0.1, 0.15) is 5.75 Å². The summed E-state index contributed by atoms with van der Waals surface area (Å²) in [4.78, 5) is 14.0. The van der Waals surface area contributed by atoms with Crippen LogP contribution in [0.3, 0.4) is 0 Å². The summed E-state index contributed by atoms with van der Waals surface area (Å²) in [5, 5.41) is 0. The van der Waals surface area contributed by atoms with Crippen molar-refractivity contribution in [3.8, 4) is 5.75 Å². The lowest BCUT2D eigenvalue weighted by atomic mass is 9.96. The third kappa shape index (κ3) is 3.74. The normalized spacial score (nSPS) is 15.0. The van der Waals surface area contributed by atoms with Crippen molar-refractivity contribution in [2.45, 2.75) is 19.9 Å². The molecule has 0 aliphatic carbocycles. The molecule has 0 amide bonds. The third-order valence-corrected chi connectivity index (χ3v) is 4.50. The lowest BCUT2D eigenvalue weighted by Crippen LogP contribution is -2.28. The molecular formula is C21H23NO2. The second-order valence-corrected chi connectivity index (χ2v) is 6.17. The number of hydrogen-bond acceptors (Lipinski definition) is 3. The molecule has 0 spiro atoms. The van der Waals surface area contributed by atoms with Crippen molar-refractivity contribution >= 4 is 11.4 Å². The second kappa shape index (κ2) is 7.45. The van der Waals surface area contributed by atoms with Crippen molar-refractivity contribution in [3.05, 3.63) is 71.3 Å². The molecule has 1 aliphatic heterocycles. The Balaban J connectivity index is 1.74. The fourth-order valence-electron chi connectivity index (χ4n) is 3.12. The average molecular weight is 321 g/mol. The molecule has 0 fully saturated rings. The molecule has 24 heavy (non-hydrogen) atoms. The van der Waals surface area contributed by atoms with Gasteiger partial charge in [0.05, 0.1) is 7.11 Å². The minimum atomic E-state index is 0.0616. The number of ether oxygens (including phenoxy) is 1. The zero-order chi connectivity index (χ0) is 16.9. The van der Waals surface area contributed by atoms with E-state index >= 15 is 0 Å². The lowest BCUT2D eigenvalue weighted by Gasteiger charge is -2.27. The fraction of sp³-hybridized carbons (Fsp3) is 0.286. The van der Waals surface area contributed by atoms with E-state index in [1.807, 2.05) is 18.2 Å². The van der Waals surface area contributed by atoms with Gasteiger partial charge in [-0.05, 0) is 30.5 Å². The van der Waals surface area contributed by atoms with E-state index in [0.717, 1.165) is 37.4 Å². The van der Waals surface area contributed by atoms with Gasteiger partial charge in [-0.2, -0.15) is 0 Å². The first-order chi connectivity index (χ1) is 11.7. The second-order valence-electron chi connectivity index (χ2n) is 6.17. The molecule has 124 valence electrons. The number of rotatable bonds is 5. The molecule has 2 aromatic rings. The van der Waals surface area contributed by atoms with Gasteiger partial charge in [-0.1, -0.05) is 48.5 Å². The van der Waals surface area contributed by atoms with Crippen molar-refractivity contribution in [2.75, 3.05) is 20.2 Å². The van der Waals surface area contributed by atoms with Crippen molar-refractivity contribution in [1.82, 2.24) is 4.90 Å². The van der Waals surface area contributed by atoms with Gasteiger partial charge in [-0.3, -0.25) is 9.69 Å². The van der Waals surface area contributed by atoms with Crippen molar-refractivity contribution < 1.29 is 9.53 Å². The quantitative estimate of drug-likeness (QED) is 0.774. The highest BCUT2D eigenvalue weighted by Crippen LogP contribution is 2.31. The molecule has 2 aromatic carbocycles. The van der Waals surface area contributed by atoms with E-state index in [1.165, 1.54) is 11.1 Å². The van der Waals surface area contributed by atoms with Crippen LogP contribution in [0, 0.1) is 0 Å². The zero-order valence-electron chi connectivity index (χ0n) is 14.3. The van der Waals surface area contributed by atoms with Crippen LogP contribution in [0.1, 0.15) is 34.8 Å². The fourth-order valence-corrected chi connectivity index (χ4v) is 3.12. The van der Waals surface area contributed by atoms with Gasteiger partial charge < -0.3 is 4.74 Å². The van der Waals surface area contributed by atoms with E-state index in [0.29, 0.717) is 5.56 Å². The maximum Gasteiger partial charge on any atom is 0.159 e. The monoisotopic (exact) mass is 321 g/mol. The third-order valence-electron chi connectivity index (χ3n) is 4.50. The summed E-state index contributed by atoms with van der Waals surface area (Å²) in [5.41, 5.74) is 4.43. The summed E-state index contributed by atoms with van der Waals surface area (Å²) in [6.07, 6.45) is 3.26. The molecule has 0 N–H and O–H groups in total. The Labute approximate surface area is 143 Å². The van der Waals surface area contributed by atoms with E-state index in [1.54, 1.807) is 14.0 Å². The zero-order valence-corrected chi connectivity index (χ0v) is 14.3. The summed E-state index contributed by atoms with van der Waals surface area (Å²) in [6.45, 7) is 4.51. The Kier molecular flexibility index (Phi) is 5.11. The molecule has 0 saturated heterocycles. The van der Waals surface area contributed by atoms with Gasteiger partial charge in [0.15, 0.2) is 5.78 Å². The van der Waals surface area contributed by atoms with Crippen molar-refractivity contribution in [1.29, 1.82) is 0 Å². The molecule has 0 unspecified atom stereocenters. The maximum atomic E-state index is 11.5. The summed E-state index contributed by atoms with van der Waals surface area (Å²) in [6, 6.07) is 16.3. The van der Waals surface area contributed by atoms with E-state index in [-0.39, 0.29) is 5.78 Å². The average Bonchev–Trinajstić information content (AvgIpc) is 2.62. The number of carbonyl (C=O) groups is 1. The van der Waals surface area contributed by atoms with Crippen LogP contribution in [-0.2, 0) is 6.54 Å². The van der Waals surface area contributed by atoms with Crippen LogP contribution in [0.2, 0.25) is 0 Å². The number of ketones is 1. The molecule has 1 heterocycles. The number of carbonyl (C=O) groups excluding carboxylic acids is 1. The Morgan fingerprint density at radius 1 is 1.17 bits per heavy atom. The highest BCUT2D eigenvalue weighted by atomic mass is 16.5. The molecule has 0 bridgehead atoms. The van der Waals surface area contributed by atoms with E-state index in [4.69, 9.17) is 4.74 Å². The Morgan fingerprint density at radius 3 is 2.58 bits per heavy atom. The first-order valence-electron chi connectivity index (χ1n) is 8.32. The number of methoxy groups -OCH3 is 1. The van der Waals surface area contributed by atoms with Gasteiger partial charge in [0.25, 0.3) is 0 Å². The summed E-state index contributed by atoms with van der Waals surface area (Å²) >= 11 is 0. The molecule has 0 radical (unpaired) electrons. The van der Waals surface area contributed by atoms with E-state index in [9.17, 15) is 4.79 Å². The number of hydrogen-bond donors (Lipinski definition) is 0. The molecule has 0 atom stereocenters. The van der Waals surface area contributed by atoms with Gasteiger partial charge >= 0.3 is 0 Å². The Bertz CT molecular complexity index is 750. The van der Waals surface area contributed by atoms with Crippen molar-refractivity contribution in [2.24, 2.45) is 0 Å². The van der Waals surface area contributed by atoms with Crippen LogP contribution < -0.4 is 4.74 Å². The molecule has 1 aliphatic rings. The number of nitrogens with zero attached hydrogens (tertiary/aromatic N) is 1. The standard InChI is InChI=1S/C21H23NO2/c1-16(23)19-8-9-20(21(14-19)24-2)18-10-12-22(13-11-18)15-17-6-4-3-5-7-17/h3-10,14H,11-13,15H2,1-2H3. The lowest BCUT2D eigenvalue weighted by molar-refractivity contribution is 0.101. The number of Topliss-reactive ketones (excluding diaryl/α,β-unsaturated/α-hetero) is 1. The highest BCUT2D eigenvalue weighted by Gasteiger charge is 2.16. The Hall–Kier alpha value is -2.39. The van der Waals surface area contributed by atoms with Crippen LogP contribution in [0.15, 0.2) is 54.6 Å². The Morgan fingerprint density at radius 2 is 1.96 bits per heavy atom. The molecular weight excluding hydrogens is 298 g/mol. The topological polar surface area (TPSA) is 29.5 Å².